The smallest absolute Gasteiger partial charge is 0.404 e. The number of halogens is 4. The van der Waals surface area contributed by atoms with Crippen molar-refractivity contribution >= 4 is 42.3 Å². The fraction of sp³-hybridized carbons (Fsp3) is 0.500. The van der Waals surface area contributed by atoms with Crippen LogP contribution in [0.15, 0.2) is 42.5 Å². The summed E-state index contributed by atoms with van der Waals surface area (Å²) in [6, 6.07) is 10.9. The number of anilines is 1. The molecule has 1 amide bonds. The number of aromatic nitrogens is 2. The molecule has 10 heteroatoms. The molecule has 0 aliphatic carbocycles. The number of imidazole rings is 1. The summed E-state index contributed by atoms with van der Waals surface area (Å²) >= 11 is 6.31. The Morgan fingerprint density at radius 2 is 1.57 bits per heavy atom. The molecule has 1 unspecified atom stereocenters. The molecule has 1 atom stereocenters. The largest absolute Gasteiger partial charge is 0.573 e. The van der Waals surface area contributed by atoms with Gasteiger partial charge in [0.25, 0.3) is 0 Å². The van der Waals surface area contributed by atoms with Crippen LogP contribution in [-0.4, -0.2) is 29.9 Å². The molecule has 5 nitrogen and oxygen atoms in total. The molecule has 0 aliphatic heterocycles. The fourth-order valence-electron chi connectivity index (χ4n) is 6.18. The Labute approximate surface area is 253 Å². The van der Waals surface area contributed by atoms with Gasteiger partial charge in [0.15, 0.2) is 0 Å². The third-order valence-corrected chi connectivity index (χ3v) is 14.6. The van der Waals surface area contributed by atoms with Gasteiger partial charge in [-0.05, 0) is 58.3 Å². The van der Waals surface area contributed by atoms with Crippen LogP contribution in [0.25, 0.3) is 11.0 Å². The minimum Gasteiger partial charge on any atom is -0.404 e. The van der Waals surface area contributed by atoms with E-state index in [4.69, 9.17) is 16.6 Å². The number of carbonyl (C=O) groups is 1. The number of para-hydroxylation sites is 2. The number of alkyl halides is 3. The number of aryl methyl sites for hydroxylation is 1. The lowest BCUT2D eigenvalue weighted by atomic mass is 9.84. The molecule has 0 saturated heterocycles. The fourth-order valence-corrected chi connectivity index (χ4v) is 11.6. The predicted octanol–water partition coefficient (Wildman–Crippen LogP) is 9.47. The molecular weight excluding hydrogens is 579 g/mol. The summed E-state index contributed by atoms with van der Waals surface area (Å²) in [4.78, 5) is 20.8. The van der Waals surface area contributed by atoms with Crippen molar-refractivity contribution < 1.29 is 22.7 Å². The number of hydrogen-bond donors (Lipinski definition) is 0. The van der Waals surface area contributed by atoms with E-state index in [1.165, 1.54) is 17.0 Å². The Kier molecular flexibility index (Phi) is 9.85. The number of amides is 1. The summed E-state index contributed by atoms with van der Waals surface area (Å²) in [5.74, 6) is 2.62. The van der Waals surface area contributed by atoms with E-state index in [9.17, 15) is 18.0 Å². The molecule has 2 aromatic carbocycles. The lowest BCUT2D eigenvalue weighted by Gasteiger charge is -2.40. The molecule has 3 rings (SSSR count). The molecule has 3 aromatic rings. The molecule has 0 bridgehead atoms. The quantitative estimate of drug-likeness (QED) is 0.195. The Balaban J connectivity index is 2.31. The third-order valence-electron chi connectivity index (χ3n) is 8.03. The summed E-state index contributed by atoms with van der Waals surface area (Å²) in [5.41, 5.74) is 5.79. The zero-order valence-electron chi connectivity index (χ0n) is 26.0. The second kappa shape index (κ2) is 12.3. The van der Waals surface area contributed by atoms with Crippen molar-refractivity contribution in [1.82, 2.24) is 9.55 Å². The summed E-state index contributed by atoms with van der Waals surface area (Å²) in [5, 5.41) is -0.275. The first-order valence-electron chi connectivity index (χ1n) is 14.1. The topological polar surface area (TPSA) is 47.4 Å². The van der Waals surface area contributed by atoms with Crippen molar-refractivity contribution in [1.29, 1.82) is 0 Å². The zero-order valence-corrected chi connectivity index (χ0v) is 27.8. The van der Waals surface area contributed by atoms with E-state index in [1.807, 2.05) is 56.7 Å². The van der Waals surface area contributed by atoms with Crippen LogP contribution in [0.1, 0.15) is 74.2 Å². The number of hydrogen-bond acceptors (Lipinski definition) is 3. The Hall–Kier alpha value is -2.96. The molecule has 0 saturated carbocycles. The molecule has 1 aromatic heterocycles. The van der Waals surface area contributed by atoms with Crippen molar-refractivity contribution in [2.24, 2.45) is 12.5 Å². The molecule has 0 radical (unpaired) electrons. The SMILES string of the molecule is CC(C)[Si](C#CC(=O)N(c1ccc(OC(F)(F)F)c(Cl)c1)C(c1nc2ccccc2n1C)C(C)(C)C)(C(C)C)C(C)C. The van der Waals surface area contributed by atoms with E-state index in [0.717, 1.165) is 17.1 Å². The highest BCUT2D eigenvalue weighted by atomic mass is 35.5. The van der Waals surface area contributed by atoms with E-state index in [0.29, 0.717) is 28.1 Å². The molecule has 0 fully saturated rings. The third kappa shape index (κ3) is 6.81. The van der Waals surface area contributed by atoms with Gasteiger partial charge in [-0.1, -0.05) is 86.0 Å². The Morgan fingerprint density at radius 3 is 2.05 bits per heavy atom. The lowest BCUT2D eigenvalue weighted by molar-refractivity contribution is -0.274. The summed E-state index contributed by atoms with van der Waals surface area (Å²) in [7, 11) is -0.393. The van der Waals surface area contributed by atoms with Crippen molar-refractivity contribution in [2.75, 3.05) is 4.90 Å². The van der Waals surface area contributed by atoms with Crippen molar-refractivity contribution in [3.63, 3.8) is 0 Å². The van der Waals surface area contributed by atoms with Gasteiger partial charge in [-0.3, -0.25) is 9.69 Å². The van der Waals surface area contributed by atoms with Crippen LogP contribution < -0.4 is 9.64 Å². The van der Waals surface area contributed by atoms with Crippen molar-refractivity contribution in [3.05, 3.63) is 53.3 Å². The number of fused-ring (bicyclic) bond motifs is 1. The van der Waals surface area contributed by atoms with E-state index in [1.54, 1.807) is 0 Å². The molecule has 0 aliphatic rings. The van der Waals surface area contributed by atoms with E-state index >= 15 is 0 Å². The normalized spacial score (nSPS) is 13.5. The molecule has 228 valence electrons. The van der Waals surface area contributed by atoms with Gasteiger partial charge in [-0.2, -0.15) is 0 Å². The highest BCUT2D eigenvalue weighted by molar-refractivity contribution is 6.90. The van der Waals surface area contributed by atoms with Crippen LogP contribution in [-0.2, 0) is 11.8 Å². The van der Waals surface area contributed by atoms with Crippen LogP contribution in [0.3, 0.4) is 0 Å². The molecule has 1 heterocycles. The average Bonchev–Trinajstić information content (AvgIpc) is 3.17. The van der Waals surface area contributed by atoms with E-state index in [-0.39, 0.29) is 5.02 Å². The first-order chi connectivity index (χ1) is 19.3. The summed E-state index contributed by atoms with van der Waals surface area (Å²) < 4.78 is 45.0. The minimum atomic E-state index is -4.91. The second-order valence-corrected chi connectivity index (χ2v) is 18.8. The number of ether oxygens (including phenoxy) is 1. The van der Waals surface area contributed by atoms with Crippen LogP contribution in [0.5, 0.6) is 5.75 Å². The molecule has 42 heavy (non-hydrogen) atoms. The van der Waals surface area contributed by atoms with Gasteiger partial charge in [-0.15, -0.1) is 18.7 Å². The zero-order chi connectivity index (χ0) is 31.8. The van der Waals surface area contributed by atoms with Crippen molar-refractivity contribution in [3.8, 4) is 17.2 Å². The van der Waals surface area contributed by atoms with Gasteiger partial charge in [-0.25, -0.2) is 4.98 Å². The molecule has 0 spiro atoms. The number of benzene rings is 2. The van der Waals surface area contributed by atoms with E-state index < -0.39 is 37.5 Å². The van der Waals surface area contributed by atoms with Gasteiger partial charge < -0.3 is 9.30 Å². The number of rotatable bonds is 7. The minimum absolute atomic E-state index is 0.275. The molecule has 0 N–H and O–H groups in total. The van der Waals surface area contributed by atoms with Crippen LogP contribution in [0.2, 0.25) is 21.6 Å². The summed E-state index contributed by atoms with van der Waals surface area (Å²) in [6.07, 6.45) is -4.91. The van der Waals surface area contributed by atoms with Gasteiger partial charge >= 0.3 is 12.3 Å². The van der Waals surface area contributed by atoms with Crippen LogP contribution >= 0.6 is 11.6 Å². The summed E-state index contributed by atoms with van der Waals surface area (Å²) in [6.45, 7) is 19.0. The predicted molar refractivity (Wildman–Crippen MR) is 167 cm³/mol. The number of carbonyl (C=O) groups excluding carboxylic acids is 1. The highest BCUT2D eigenvalue weighted by Gasteiger charge is 2.43. The lowest BCUT2D eigenvalue weighted by Crippen LogP contribution is -2.45. The second-order valence-electron chi connectivity index (χ2n) is 12.8. The maximum Gasteiger partial charge on any atom is 0.573 e. The maximum atomic E-state index is 14.4. The Morgan fingerprint density at radius 1 is 1.00 bits per heavy atom. The standard InChI is InChI=1S/C32H41ClF3N3O2Si/c1-20(2)42(21(3)4,22(5)6)18-17-28(40)39(23-15-16-27(24(33)19-23)41-32(34,35)36)29(31(7,8)9)30-37-25-13-11-12-14-26(25)38(30)10/h11-16,19-22,29H,1-10H3. The van der Waals surface area contributed by atoms with Gasteiger partial charge in [0.2, 0.25) is 0 Å². The van der Waals surface area contributed by atoms with Gasteiger partial charge in [0.1, 0.15) is 25.7 Å². The van der Waals surface area contributed by atoms with E-state index in [2.05, 4.69) is 57.7 Å². The first-order valence-corrected chi connectivity index (χ1v) is 16.7. The molecular formula is C32H41ClF3N3O2Si. The first kappa shape index (κ1) is 33.5. The van der Waals surface area contributed by atoms with Crippen LogP contribution in [0.4, 0.5) is 18.9 Å². The number of nitrogens with zero attached hydrogens (tertiary/aromatic N) is 3. The maximum absolute atomic E-state index is 14.4. The monoisotopic (exact) mass is 619 g/mol. The van der Waals surface area contributed by atoms with Crippen molar-refractivity contribution in [2.45, 2.75) is 91.3 Å². The highest BCUT2D eigenvalue weighted by Crippen LogP contribution is 2.44. The van der Waals surface area contributed by atoms with Gasteiger partial charge in [0, 0.05) is 12.7 Å². The Bertz CT molecular complexity index is 1470. The average molecular weight is 620 g/mol. The van der Waals surface area contributed by atoms with Crippen LogP contribution in [0, 0.1) is 16.9 Å². The van der Waals surface area contributed by atoms with Gasteiger partial charge in [0.05, 0.1) is 16.1 Å².